The molecule has 0 saturated carbocycles. The van der Waals surface area contributed by atoms with E-state index >= 15 is 0 Å². The number of aliphatic hydroxyl groups is 1. The van der Waals surface area contributed by atoms with Gasteiger partial charge in [0.2, 0.25) is 5.91 Å². The quantitative estimate of drug-likeness (QED) is 0.652. The lowest BCUT2D eigenvalue weighted by Crippen LogP contribution is -2.45. The Morgan fingerprint density at radius 2 is 1.97 bits per heavy atom. The molecule has 3 aliphatic heterocycles. The van der Waals surface area contributed by atoms with Crippen LogP contribution in [0.5, 0.6) is 0 Å². The zero-order valence-corrected chi connectivity index (χ0v) is 17.8. The van der Waals surface area contributed by atoms with Gasteiger partial charge in [0.25, 0.3) is 0 Å². The number of amides is 1. The lowest BCUT2D eigenvalue weighted by Gasteiger charge is -2.38. The first-order valence-electron chi connectivity index (χ1n) is 10.8. The van der Waals surface area contributed by atoms with Crippen LogP contribution in [-0.2, 0) is 14.3 Å². The molecule has 2 aromatic heterocycles. The molecule has 3 aliphatic rings. The Labute approximate surface area is 184 Å². The van der Waals surface area contributed by atoms with E-state index in [4.69, 9.17) is 4.74 Å². The number of nitrogens with zero attached hydrogens (tertiary/aromatic N) is 7. The minimum atomic E-state index is -0.759. The predicted octanol–water partition coefficient (Wildman–Crippen LogP) is 0.236. The first-order valence-corrected chi connectivity index (χ1v) is 10.8. The van der Waals surface area contributed by atoms with E-state index in [2.05, 4.69) is 25.4 Å². The van der Waals surface area contributed by atoms with Gasteiger partial charge in [0, 0.05) is 13.1 Å². The molecular weight excluding hydrogens is 414 g/mol. The number of tetrazole rings is 1. The number of carbonyl (C=O) groups excluding carboxylic acids is 2. The maximum atomic E-state index is 13.3. The number of piperidine rings is 1. The third kappa shape index (κ3) is 3.56. The van der Waals surface area contributed by atoms with Gasteiger partial charge in [-0.25, -0.2) is 9.78 Å². The number of hydrogen-bond donors (Lipinski definition) is 1. The highest BCUT2D eigenvalue weighted by molar-refractivity contribution is 5.94. The largest absolute Gasteiger partial charge is 0.456 e. The number of likely N-dealkylation sites (tertiary alicyclic amines) is 2. The van der Waals surface area contributed by atoms with E-state index in [0.29, 0.717) is 35.9 Å². The number of cyclic esters (lactones) is 1. The molecule has 11 nitrogen and oxygen atoms in total. The van der Waals surface area contributed by atoms with Crippen molar-refractivity contribution in [3.8, 4) is 5.82 Å². The van der Waals surface area contributed by atoms with Crippen molar-refractivity contribution in [3.63, 3.8) is 0 Å². The molecule has 0 aromatic carbocycles. The summed E-state index contributed by atoms with van der Waals surface area (Å²) in [6, 6.07) is 5.37. The van der Waals surface area contributed by atoms with Gasteiger partial charge in [0.05, 0.1) is 22.4 Å². The molecular formula is C21H25N7O4. The van der Waals surface area contributed by atoms with Crippen LogP contribution in [0, 0.1) is 5.41 Å². The molecule has 2 saturated heterocycles. The molecule has 32 heavy (non-hydrogen) atoms. The van der Waals surface area contributed by atoms with Crippen LogP contribution >= 0.6 is 0 Å². The second-order valence-electron chi connectivity index (χ2n) is 8.63. The van der Waals surface area contributed by atoms with Crippen molar-refractivity contribution in [2.24, 2.45) is 5.41 Å². The number of rotatable bonds is 5. The van der Waals surface area contributed by atoms with E-state index in [1.54, 1.807) is 24.0 Å². The number of esters is 1. The Morgan fingerprint density at radius 1 is 1.19 bits per heavy atom. The van der Waals surface area contributed by atoms with Crippen molar-refractivity contribution >= 4 is 11.9 Å². The third-order valence-corrected chi connectivity index (χ3v) is 6.84. The van der Waals surface area contributed by atoms with Gasteiger partial charge in [0.1, 0.15) is 19.0 Å². The lowest BCUT2D eigenvalue weighted by molar-refractivity contribution is -0.138. The fourth-order valence-electron chi connectivity index (χ4n) is 4.81. The van der Waals surface area contributed by atoms with Crippen molar-refractivity contribution < 1.29 is 19.4 Å². The van der Waals surface area contributed by atoms with Gasteiger partial charge in [-0.05, 0) is 61.8 Å². The van der Waals surface area contributed by atoms with Gasteiger partial charge < -0.3 is 19.6 Å². The summed E-state index contributed by atoms with van der Waals surface area (Å²) in [4.78, 5) is 33.3. The zero-order valence-electron chi connectivity index (χ0n) is 17.8. The maximum absolute atomic E-state index is 13.3. The predicted molar refractivity (Wildman–Crippen MR) is 110 cm³/mol. The first-order chi connectivity index (χ1) is 15.5. The summed E-state index contributed by atoms with van der Waals surface area (Å²) in [6.07, 6.45) is 2.94. The van der Waals surface area contributed by atoms with Gasteiger partial charge in [0.15, 0.2) is 5.82 Å². The van der Waals surface area contributed by atoms with Crippen molar-refractivity contribution in [1.29, 1.82) is 0 Å². The molecule has 5 rings (SSSR count). The molecule has 5 heterocycles. The minimum Gasteiger partial charge on any atom is -0.456 e. The molecule has 1 amide bonds. The average molecular weight is 439 g/mol. The third-order valence-electron chi connectivity index (χ3n) is 6.84. The first kappa shape index (κ1) is 20.7. The van der Waals surface area contributed by atoms with Gasteiger partial charge in [-0.1, -0.05) is 6.07 Å². The van der Waals surface area contributed by atoms with Gasteiger partial charge in [-0.2, -0.15) is 4.68 Å². The molecule has 168 valence electrons. The molecule has 2 fully saturated rings. The number of pyridine rings is 1. The summed E-state index contributed by atoms with van der Waals surface area (Å²) in [6.45, 7) is 4.40. The Balaban J connectivity index is 1.21. The van der Waals surface area contributed by atoms with Gasteiger partial charge in [-0.15, -0.1) is 5.10 Å². The summed E-state index contributed by atoms with van der Waals surface area (Å²) in [5.74, 6) is 0.302. The Bertz CT molecular complexity index is 1060. The smallest absolute Gasteiger partial charge is 0.336 e. The Hall–Kier alpha value is -3.18. The van der Waals surface area contributed by atoms with E-state index in [1.165, 1.54) is 11.0 Å². The molecule has 2 aromatic rings. The Kier molecular flexibility index (Phi) is 5.22. The monoisotopic (exact) mass is 439 g/mol. The topological polar surface area (TPSA) is 127 Å². The fraction of sp³-hybridized carbons (Fsp3) is 0.524. The van der Waals surface area contributed by atoms with Crippen LogP contribution in [0.25, 0.3) is 5.82 Å². The van der Waals surface area contributed by atoms with Crippen LogP contribution in [0.1, 0.15) is 38.0 Å². The van der Waals surface area contributed by atoms with Crippen molar-refractivity contribution in [2.45, 2.75) is 32.3 Å². The molecule has 1 spiro atoms. The molecule has 0 radical (unpaired) electrons. The second kappa shape index (κ2) is 8.06. The van der Waals surface area contributed by atoms with E-state index in [1.807, 2.05) is 6.07 Å². The molecule has 1 N–H and O–H groups in total. The number of hydrogen-bond acceptors (Lipinski definition) is 9. The highest BCUT2D eigenvalue weighted by Gasteiger charge is 2.50. The minimum absolute atomic E-state index is 0.0983. The van der Waals surface area contributed by atoms with Crippen LogP contribution in [0.2, 0.25) is 0 Å². The maximum Gasteiger partial charge on any atom is 0.336 e. The molecule has 11 heteroatoms. The van der Waals surface area contributed by atoms with Gasteiger partial charge >= 0.3 is 5.97 Å². The number of carbonyl (C=O) groups is 2. The molecule has 1 unspecified atom stereocenters. The normalized spacial score (nSPS) is 22.1. The summed E-state index contributed by atoms with van der Waals surface area (Å²) >= 11 is 0. The average Bonchev–Trinajstić information content (AvgIpc) is 3.53. The number of β-amino-alcohol motifs (C(OH)–C–C–N with tert-alkyl or cyclic N) is 1. The standard InChI is InChI=1S/C21H25N7O4/c1-14-16(12-32-19(14)30)27-10-7-21(20(27)31)5-8-26(9-6-21)11-17(29)15-3-2-4-18(23-15)28-13-22-24-25-28/h2-4,13,17,29H,5-12H2,1H3. The van der Waals surface area contributed by atoms with Crippen molar-refractivity contribution in [1.82, 2.24) is 35.0 Å². The van der Waals surface area contributed by atoms with Crippen molar-refractivity contribution in [2.75, 3.05) is 32.8 Å². The van der Waals surface area contributed by atoms with E-state index < -0.39 is 11.5 Å². The Morgan fingerprint density at radius 3 is 2.66 bits per heavy atom. The zero-order chi connectivity index (χ0) is 22.3. The van der Waals surface area contributed by atoms with Crippen LogP contribution < -0.4 is 0 Å². The molecule has 0 bridgehead atoms. The van der Waals surface area contributed by atoms with Crippen LogP contribution in [-0.4, -0.2) is 84.8 Å². The second-order valence-corrected chi connectivity index (χ2v) is 8.63. The number of ether oxygens (including phenoxy) is 1. The van der Waals surface area contributed by atoms with E-state index in [-0.39, 0.29) is 18.5 Å². The van der Waals surface area contributed by atoms with Crippen LogP contribution in [0.4, 0.5) is 0 Å². The summed E-state index contributed by atoms with van der Waals surface area (Å²) in [5.41, 5.74) is 1.41. The van der Waals surface area contributed by atoms with E-state index in [0.717, 1.165) is 32.4 Å². The van der Waals surface area contributed by atoms with Crippen LogP contribution in [0.3, 0.4) is 0 Å². The molecule has 1 atom stereocenters. The SMILES string of the molecule is CC1=C(N2CCC3(CCN(CC(O)c4cccc(-n5cnnn5)n4)CC3)C2=O)COC1=O. The highest BCUT2D eigenvalue weighted by atomic mass is 16.5. The van der Waals surface area contributed by atoms with E-state index in [9.17, 15) is 14.7 Å². The van der Waals surface area contributed by atoms with Gasteiger partial charge in [-0.3, -0.25) is 4.79 Å². The lowest BCUT2D eigenvalue weighted by atomic mass is 9.77. The van der Waals surface area contributed by atoms with Crippen molar-refractivity contribution in [3.05, 3.63) is 41.5 Å². The number of aromatic nitrogens is 5. The number of aliphatic hydroxyl groups excluding tert-OH is 1. The van der Waals surface area contributed by atoms with Crippen LogP contribution in [0.15, 0.2) is 35.8 Å². The summed E-state index contributed by atoms with van der Waals surface area (Å²) < 4.78 is 6.53. The summed E-state index contributed by atoms with van der Waals surface area (Å²) in [7, 11) is 0. The summed E-state index contributed by atoms with van der Waals surface area (Å²) in [5, 5.41) is 21.8. The highest BCUT2D eigenvalue weighted by Crippen LogP contribution is 2.43. The molecule has 0 aliphatic carbocycles. The fourth-order valence-corrected chi connectivity index (χ4v) is 4.81.